The highest BCUT2D eigenvalue weighted by Gasteiger charge is 2.69. The Morgan fingerprint density at radius 1 is 1.04 bits per heavy atom. The summed E-state index contributed by atoms with van der Waals surface area (Å²) in [6.45, 7) is 6.44. The summed E-state index contributed by atoms with van der Waals surface area (Å²) in [5.41, 5.74) is 6.17. The molecule has 9 heteroatoms. The van der Waals surface area contributed by atoms with Crippen LogP contribution < -0.4 is 5.73 Å². The van der Waals surface area contributed by atoms with Crippen molar-refractivity contribution in [2.24, 2.45) is 5.73 Å². The van der Waals surface area contributed by atoms with Crippen LogP contribution in [0.15, 0.2) is 0 Å². The van der Waals surface area contributed by atoms with Crippen molar-refractivity contribution in [2.75, 3.05) is 13.2 Å². The molecule has 0 aliphatic carbocycles. The third-order valence-electron chi connectivity index (χ3n) is 5.11. The molecule has 158 valence electrons. The molecule has 3 aliphatic heterocycles. The Bertz CT molecular complexity index is 465. The zero-order valence-corrected chi connectivity index (χ0v) is 16.5. The van der Waals surface area contributed by atoms with Crippen LogP contribution in [0.25, 0.3) is 0 Å². The van der Waals surface area contributed by atoms with E-state index in [0.717, 1.165) is 12.8 Å². The highest BCUT2D eigenvalue weighted by Crippen LogP contribution is 2.48. The van der Waals surface area contributed by atoms with Gasteiger partial charge in [-0.25, -0.2) is 4.89 Å². The summed E-state index contributed by atoms with van der Waals surface area (Å²) in [7, 11) is 0. The molecular weight excluding hydrogens is 358 g/mol. The van der Waals surface area contributed by atoms with Crippen LogP contribution in [0.1, 0.15) is 65.7 Å². The SMILES string of the molecule is CCCCCCCCCOOOOC12OC(C)(C)OC1C(N)C1OCC2O1. The maximum atomic E-state index is 6.17. The average molecular weight is 391 g/mol. The Labute approximate surface area is 160 Å². The van der Waals surface area contributed by atoms with E-state index in [9.17, 15) is 0 Å². The summed E-state index contributed by atoms with van der Waals surface area (Å²) in [6.07, 6.45) is 6.58. The minimum Gasteiger partial charge on any atom is -0.348 e. The molecule has 3 fully saturated rings. The van der Waals surface area contributed by atoms with E-state index in [2.05, 4.69) is 6.92 Å². The van der Waals surface area contributed by atoms with Gasteiger partial charge in [-0.3, -0.25) is 0 Å². The van der Waals surface area contributed by atoms with E-state index in [0.29, 0.717) is 6.61 Å². The van der Waals surface area contributed by atoms with E-state index >= 15 is 0 Å². The maximum Gasteiger partial charge on any atom is 0.264 e. The first-order valence-electron chi connectivity index (χ1n) is 10.0. The molecule has 0 saturated carbocycles. The lowest BCUT2D eigenvalue weighted by atomic mass is 9.96. The molecule has 3 heterocycles. The topological polar surface area (TPSA) is 99.9 Å². The van der Waals surface area contributed by atoms with Crippen LogP contribution in [0.4, 0.5) is 0 Å². The van der Waals surface area contributed by atoms with Crippen LogP contribution in [-0.4, -0.2) is 49.3 Å². The minimum atomic E-state index is -1.38. The molecule has 2 N–H and O–H groups in total. The lowest BCUT2D eigenvalue weighted by molar-refractivity contribution is -0.670. The summed E-state index contributed by atoms with van der Waals surface area (Å²) >= 11 is 0. The smallest absolute Gasteiger partial charge is 0.264 e. The monoisotopic (exact) mass is 391 g/mol. The average Bonchev–Trinajstić information content (AvgIpc) is 3.20. The van der Waals surface area contributed by atoms with Gasteiger partial charge in [-0.2, -0.15) is 4.89 Å². The molecule has 5 atom stereocenters. The van der Waals surface area contributed by atoms with Crippen LogP contribution in [0.2, 0.25) is 0 Å². The van der Waals surface area contributed by atoms with Gasteiger partial charge in [0.1, 0.15) is 12.2 Å². The van der Waals surface area contributed by atoms with Gasteiger partial charge in [0.25, 0.3) is 5.79 Å². The number of ether oxygens (including phenoxy) is 4. The van der Waals surface area contributed by atoms with Crippen LogP contribution in [0.3, 0.4) is 0 Å². The number of rotatable bonds is 12. The highest BCUT2D eigenvalue weighted by molar-refractivity contribution is 5.06. The van der Waals surface area contributed by atoms with Gasteiger partial charge >= 0.3 is 0 Å². The molecule has 0 aromatic heterocycles. The van der Waals surface area contributed by atoms with Crippen molar-refractivity contribution in [1.29, 1.82) is 0 Å². The van der Waals surface area contributed by atoms with Crippen molar-refractivity contribution in [1.82, 2.24) is 0 Å². The first kappa shape index (κ1) is 21.4. The van der Waals surface area contributed by atoms with E-state index in [1.807, 2.05) is 0 Å². The van der Waals surface area contributed by atoms with E-state index in [1.54, 1.807) is 13.8 Å². The highest BCUT2D eigenvalue weighted by atomic mass is 17.7. The van der Waals surface area contributed by atoms with Gasteiger partial charge in [0.15, 0.2) is 12.1 Å². The summed E-state index contributed by atoms with van der Waals surface area (Å²) in [5.74, 6) is -2.28. The fourth-order valence-electron chi connectivity index (χ4n) is 3.79. The Morgan fingerprint density at radius 2 is 1.78 bits per heavy atom. The number of hydrogen-bond acceptors (Lipinski definition) is 9. The van der Waals surface area contributed by atoms with E-state index in [4.69, 9.17) is 44.5 Å². The van der Waals surface area contributed by atoms with E-state index in [-0.39, 0.29) is 6.61 Å². The van der Waals surface area contributed by atoms with Crippen molar-refractivity contribution in [3.05, 3.63) is 0 Å². The van der Waals surface area contributed by atoms with Crippen molar-refractivity contribution in [3.8, 4) is 0 Å². The van der Waals surface area contributed by atoms with Crippen molar-refractivity contribution >= 4 is 0 Å². The second kappa shape index (κ2) is 9.43. The number of hydrogen-bond donors (Lipinski definition) is 1. The molecule has 2 bridgehead atoms. The summed E-state index contributed by atoms with van der Waals surface area (Å²) < 4.78 is 23.1. The summed E-state index contributed by atoms with van der Waals surface area (Å²) in [5, 5.41) is 9.51. The molecule has 3 aliphatic rings. The Balaban J connectivity index is 1.37. The molecule has 3 saturated heterocycles. The van der Waals surface area contributed by atoms with Gasteiger partial charge in [0.2, 0.25) is 0 Å². The maximum absolute atomic E-state index is 6.17. The van der Waals surface area contributed by atoms with Crippen LogP contribution in [0.5, 0.6) is 0 Å². The molecule has 0 amide bonds. The first-order valence-corrected chi connectivity index (χ1v) is 10.0. The fraction of sp³-hybridized carbons (Fsp3) is 1.00. The second-order valence-corrected chi connectivity index (χ2v) is 7.83. The zero-order chi connectivity index (χ0) is 19.3. The van der Waals surface area contributed by atoms with Crippen molar-refractivity contribution in [2.45, 2.75) is 102 Å². The van der Waals surface area contributed by atoms with Gasteiger partial charge in [-0.1, -0.05) is 45.4 Å². The third kappa shape index (κ3) is 4.98. The molecule has 3 rings (SSSR count). The zero-order valence-electron chi connectivity index (χ0n) is 16.5. The first-order chi connectivity index (χ1) is 13.0. The molecule has 5 unspecified atom stereocenters. The summed E-state index contributed by atoms with van der Waals surface area (Å²) in [6, 6.07) is -0.581. The van der Waals surface area contributed by atoms with Gasteiger partial charge < -0.3 is 24.7 Å². The standard InChI is InChI=1S/C18H33NO8/c1-4-5-6-7-8-9-10-11-21-26-27-25-18-13-12-20-16(22-13)14(19)15(18)23-17(2,3)24-18/h13-16H,4-12,19H2,1-3H3. The van der Waals surface area contributed by atoms with Gasteiger partial charge in [0.05, 0.1) is 19.3 Å². The molecular formula is C18H33NO8. The fourth-order valence-corrected chi connectivity index (χ4v) is 3.79. The van der Waals surface area contributed by atoms with Crippen LogP contribution in [0, 0.1) is 0 Å². The van der Waals surface area contributed by atoms with Gasteiger partial charge in [-0.05, 0) is 30.3 Å². The largest absolute Gasteiger partial charge is 0.348 e. The molecule has 27 heavy (non-hydrogen) atoms. The van der Waals surface area contributed by atoms with Crippen molar-refractivity contribution in [3.63, 3.8) is 0 Å². The number of nitrogens with two attached hydrogens (primary N) is 1. The minimum absolute atomic E-state index is 0.260. The lowest BCUT2D eigenvalue weighted by Gasteiger charge is -2.40. The third-order valence-corrected chi connectivity index (χ3v) is 5.11. The molecule has 9 nitrogen and oxygen atoms in total. The predicted octanol–water partition coefficient (Wildman–Crippen LogP) is 2.48. The van der Waals surface area contributed by atoms with Crippen molar-refractivity contribution < 1.29 is 38.8 Å². The predicted molar refractivity (Wildman–Crippen MR) is 92.6 cm³/mol. The van der Waals surface area contributed by atoms with Gasteiger partial charge in [0, 0.05) is 0 Å². The summed E-state index contributed by atoms with van der Waals surface area (Å²) in [4.78, 5) is 10.4. The second-order valence-electron chi connectivity index (χ2n) is 7.83. The molecule has 0 spiro atoms. The number of unbranched alkanes of at least 4 members (excludes halogenated alkanes) is 6. The van der Waals surface area contributed by atoms with Crippen LogP contribution >= 0.6 is 0 Å². The Morgan fingerprint density at radius 3 is 2.56 bits per heavy atom. The lowest BCUT2D eigenvalue weighted by Crippen LogP contribution is -2.65. The molecule has 0 aromatic carbocycles. The Hall–Kier alpha value is -0.360. The van der Waals surface area contributed by atoms with Crippen LogP contribution in [-0.2, 0) is 38.8 Å². The van der Waals surface area contributed by atoms with E-state index < -0.39 is 36.1 Å². The normalized spacial score (nSPS) is 36.9. The van der Waals surface area contributed by atoms with E-state index in [1.165, 1.54) is 32.1 Å². The van der Waals surface area contributed by atoms with Gasteiger partial charge in [-0.15, -0.1) is 0 Å². The molecule has 0 aromatic rings. The quantitative estimate of drug-likeness (QED) is 0.305. The number of fused-ring (bicyclic) bond motifs is 4. The Kier molecular flexibility index (Phi) is 7.45. The molecule has 0 radical (unpaired) electrons.